The number of carbonyl (C=O) groups is 2. The van der Waals surface area contributed by atoms with E-state index in [-0.39, 0.29) is 17.1 Å². The van der Waals surface area contributed by atoms with E-state index in [1.807, 2.05) is 0 Å². The predicted molar refractivity (Wildman–Crippen MR) is 84.9 cm³/mol. The maximum absolute atomic E-state index is 12.5. The van der Waals surface area contributed by atoms with Gasteiger partial charge in [-0.25, -0.2) is 10.5 Å². The first kappa shape index (κ1) is 16.7. The van der Waals surface area contributed by atoms with Gasteiger partial charge in [0, 0.05) is 18.7 Å². The smallest absolute Gasteiger partial charge is 0.273 e. The second-order valence-electron chi connectivity index (χ2n) is 5.17. The van der Waals surface area contributed by atoms with Crippen molar-refractivity contribution in [3.63, 3.8) is 0 Å². The van der Waals surface area contributed by atoms with Crippen LogP contribution < -0.4 is 11.3 Å². The van der Waals surface area contributed by atoms with Crippen LogP contribution in [0.15, 0.2) is 45.2 Å². The average Bonchev–Trinajstić information content (AvgIpc) is 3.07. The van der Waals surface area contributed by atoms with E-state index in [1.54, 1.807) is 35.3 Å². The van der Waals surface area contributed by atoms with Crippen molar-refractivity contribution in [2.45, 2.75) is 0 Å². The van der Waals surface area contributed by atoms with Crippen LogP contribution in [0.4, 0.5) is 5.69 Å². The number of rotatable bonds is 6. The minimum Gasteiger partial charge on any atom is -0.379 e. The lowest BCUT2D eigenvalue weighted by molar-refractivity contribution is 0.0110. The van der Waals surface area contributed by atoms with Gasteiger partial charge in [0.15, 0.2) is 11.4 Å². The summed E-state index contributed by atoms with van der Waals surface area (Å²) in [5.74, 6) is -1.54. The van der Waals surface area contributed by atoms with Crippen molar-refractivity contribution >= 4 is 17.4 Å². The van der Waals surface area contributed by atoms with Gasteiger partial charge in [-0.05, 0) is 0 Å². The molecule has 0 bridgehead atoms. The zero-order valence-electron chi connectivity index (χ0n) is 13.2. The number of hydrazine groups is 1. The molecule has 1 fully saturated rings. The summed E-state index contributed by atoms with van der Waals surface area (Å²) in [6, 6.07) is 8.42. The number of amides is 1. The third kappa shape index (κ3) is 3.87. The molecular formula is C15H16N6O4. The Hall–Kier alpha value is -3.11. The summed E-state index contributed by atoms with van der Waals surface area (Å²) < 4.78 is 10.2. The lowest BCUT2D eigenvalue weighted by Crippen LogP contribution is -2.43. The van der Waals surface area contributed by atoms with E-state index in [4.69, 9.17) is 15.0 Å². The summed E-state index contributed by atoms with van der Waals surface area (Å²) in [6.07, 6.45) is 0. The van der Waals surface area contributed by atoms with Gasteiger partial charge in [0.25, 0.3) is 5.91 Å². The Morgan fingerprint density at radius 3 is 2.60 bits per heavy atom. The minimum atomic E-state index is -0.865. The average molecular weight is 344 g/mol. The Balaban J connectivity index is 1.84. The van der Waals surface area contributed by atoms with Gasteiger partial charge in [0.05, 0.1) is 13.2 Å². The molecule has 1 saturated heterocycles. The lowest BCUT2D eigenvalue weighted by atomic mass is 10.1. The van der Waals surface area contributed by atoms with Crippen LogP contribution in [0.5, 0.6) is 0 Å². The number of aromatic nitrogens is 1. The van der Waals surface area contributed by atoms with Crippen LogP contribution in [0.2, 0.25) is 0 Å². The molecule has 1 aliphatic rings. The van der Waals surface area contributed by atoms with Crippen LogP contribution in [0, 0.1) is 0 Å². The molecule has 25 heavy (non-hydrogen) atoms. The zero-order chi connectivity index (χ0) is 17.6. The number of ether oxygens (including phenoxy) is 1. The van der Waals surface area contributed by atoms with Gasteiger partial charge in [-0.3, -0.25) is 9.59 Å². The molecule has 2 heterocycles. The second kappa shape index (κ2) is 7.64. The predicted octanol–water partition coefficient (Wildman–Crippen LogP) is 0.840. The number of nitrogens with zero attached hydrogens (tertiary/aromatic N) is 4. The third-order valence-electron chi connectivity index (χ3n) is 3.49. The molecule has 10 heteroatoms. The molecular weight excluding hydrogens is 328 g/mol. The molecule has 0 atom stereocenters. The first-order valence-corrected chi connectivity index (χ1v) is 7.55. The molecule has 10 nitrogen and oxygen atoms in total. The molecule has 1 aliphatic heterocycles. The summed E-state index contributed by atoms with van der Waals surface area (Å²) in [6.45, 7) is 2.39. The number of benzene rings is 1. The highest BCUT2D eigenvalue weighted by molar-refractivity contribution is 6.12. The van der Waals surface area contributed by atoms with Crippen LogP contribution in [0.1, 0.15) is 26.6 Å². The Morgan fingerprint density at radius 2 is 1.92 bits per heavy atom. The molecule has 1 amide bonds. The van der Waals surface area contributed by atoms with Gasteiger partial charge in [0.1, 0.15) is 0 Å². The highest BCUT2D eigenvalue weighted by Crippen LogP contribution is 2.26. The third-order valence-corrected chi connectivity index (χ3v) is 3.49. The largest absolute Gasteiger partial charge is 0.379 e. The minimum absolute atomic E-state index is 0.109. The van der Waals surface area contributed by atoms with E-state index in [2.05, 4.69) is 21.0 Å². The number of carbonyl (C=O) groups excluding carboxylic acids is 2. The van der Waals surface area contributed by atoms with E-state index in [0.29, 0.717) is 31.9 Å². The lowest BCUT2D eigenvalue weighted by Gasteiger charge is -2.24. The summed E-state index contributed by atoms with van der Waals surface area (Å²) in [7, 11) is 0. The quantitative estimate of drug-likeness (QED) is 0.450. The van der Waals surface area contributed by atoms with Gasteiger partial charge in [-0.1, -0.05) is 40.7 Å². The molecule has 3 N–H and O–H groups in total. The van der Waals surface area contributed by atoms with E-state index in [9.17, 15) is 9.59 Å². The summed E-state index contributed by atoms with van der Waals surface area (Å²) in [5, 5.41) is 13.0. The second-order valence-corrected chi connectivity index (χ2v) is 5.17. The first-order chi connectivity index (χ1) is 12.2. The number of hydrogen-bond acceptors (Lipinski definition) is 8. The van der Waals surface area contributed by atoms with Gasteiger partial charge in [-0.2, -0.15) is 0 Å². The van der Waals surface area contributed by atoms with Gasteiger partial charge < -0.3 is 15.0 Å². The molecule has 1 aromatic heterocycles. The maximum atomic E-state index is 12.5. The number of morpholine rings is 1. The van der Waals surface area contributed by atoms with Gasteiger partial charge in [0.2, 0.25) is 11.5 Å². The fourth-order valence-electron chi connectivity index (χ4n) is 2.21. The van der Waals surface area contributed by atoms with E-state index in [1.165, 1.54) is 0 Å². The van der Waals surface area contributed by atoms with Crippen LogP contribution in [-0.2, 0) is 4.74 Å². The first-order valence-electron chi connectivity index (χ1n) is 7.55. The SMILES string of the molecule is NC(=O)c1noc(C(=O)c2ccccc2)c1N=NNN1CCOCC1. The van der Waals surface area contributed by atoms with Crippen molar-refractivity contribution in [3.05, 3.63) is 47.3 Å². The standard InChI is InChI=1S/C15H16N6O4/c16-15(23)12-11(17-19-20-21-6-8-24-9-7-21)14(25-18-12)13(22)10-4-2-1-3-5-10/h1-5H,6-9H2,(H2,16,23)(H,17,20). The highest BCUT2D eigenvalue weighted by atomic mass is 16.5. The number of nitrogens with one attached hydrogen (secondary N) is 1. The van der Waals surface area contributed by atoms with Crippen molar-refractivity contribution in [2.75, 3.05) is 26.3 Å². The molecule has 130 valence electrons. The Morgan fingerprint density at radius 1 is 1.20 bits per heavy atom. The molecule has 0 radical (unpaired) electrons. The van der Waals surface area contributed by atoms with Crippen LogP contribution in [-0.4, -0.2) is 48.2 Å². The number of ketones is 1. The number of hydrogen-bond donors (Lipinski definition) is 2. The fourth-order valence-corrected chi connectivity index (χ4v) is 2.21. The Kier molecular flexibility index (Phi) is 5.11. The summed E-state index contributed by atoms with van der Waals surface area (Å²) in [5.41, 5.74) is 7.97. The maximum Gasteiger partial charge on any atom is 0.273 e. The van der Waals surface area contributed by atoms with Crippen molar-refractivity contribution in [3.8, 4) is 0 Å². The van der Waals surface area contributed by atoms with E-state index in [0.717, 1.165) is 0 Å². The molecule has 0 saturated carbocycles. The topological polar surface area (TPSA) is 135 Å². The summed E-state index contributed by atoms with van der Waals surface area (Å²) in [4.78, 5) is 24.0. The van der Waals surface area contributed by atoms with Crippen LogP contribution in [0.3, 0.4) is 0 Å². The monoisotopic (exact) mass is 344 g/mol. The van der Waals surface area contributed by atoms with Crippen LogP contribution in [0.25, 0.3) is 0 Å². The molecule has 0 spiro atoms. The molecule has 2 aromatic rings. The van der Waals surface area contributed by atoms with E-state index < -0.39 is 11.7 Å². The Labute approximate surface area is 142 Å². The van der Waals surface area contributed by atoms with Crippen molar-refractivity contribution in [1.82, 2.24) is 15.7 Å². The number of primary amides is 1. The molecule has 1 aromatic carbocycles. The van der Waals surface area contributed by atoms with Crippen molar-refractivity contribution in [2.24, 2.45) is 16.1 Å². The summed E-state index contributed by atoms with van der Waals surface area (Å²) >= 11 is 0. The molecule has 0 aliphatic carbocycles. The fraction of sp³-hybridized carbons (Fsp3) is 0.267. The van der Waals surface area contributed by atoms with Crippen molar-refractivity contribution in [1.29, 1.82) is 0 Å². The van der Waals surface area contributed by atoms with Gasteiger partial charge in [-0.15, -0.1) is 5.11 Å². The highest BCUT2D eigenvalue weighted by Gasteiger charge is 2.26. The number of nitrogens with two attached hydrogens (primary N) is 1. The zero-order valence-corrected chi connectivity index (χ0v) is 13.2. The molecule has 0 unspecified atom stereocenters. The van der Waals surface area contributed by atoms with Crippen molar-refractivity contribution < 1.29 is 18.8 Å². The van der Waals surface area contributed by atoms with Crippen LogP contribution >= 0.6 is 0 Å². The molecule has 3 rings (SSSR count). The Bertz CT molecular complexity index is 783. The van der Waals surface area contributed by atoms with Gasteiger partial charge >= 0.3 is 0 Å². The van der Waals surface area contributed by atoms with E-state index >= 15 is 0 Å². The normalized spacial score (nSPS) is 15.4.